The molecule has 1 unspecified atom stereocenters. The van der Waals surface area contributed by atoms with Crippen LogP contribution in [-0.4, -0.2) is 22.8 Å². The Morgan fingerprint density at radius 3 is 2.56 bits per heavy atom. The molecular formula is C19H17NO3S2. The predicted octanol–water partition coefficient (Wildman–Crippen LogP) is 4.86. The highest BCUT2D eigenvalue weighted by atomic mass is 32.1. The van der Waals surface area contributed by atoms with Crippen LogP contribution in [0.25, 0.3) is 10.6 Å². The summed E-state index contributed by atoms with van der Waals surface area (Å²) in [4.78, 5) is 29.0. The molecule has 1 atom stereocenters. The number of benzene rings is 1. The minimum absolute atomic E-state index is 0.218. The Bertz CT molecular complexity index is 866. The maximum absolute atomic E-state index is 12.4. The van der Waals surface area contributed by atoms with Crippen LogP contribution < -0.4 is 0 Å². The van der Waals surface area contributed by atoms with E-state index >= 15 is 0 Å². The lowest BCUT2D eigenvalue weighted by Crippen LogP contribution is -2.24. The number of Topliss-reactive ketones (excluding diaryl/α,β-unsaturated/α-hetero) is 1. The van der Waals surface area contributed by atoms with Gasteiger partial charge in [-0.05, 0) is 30.4 Å². The van der Waals surface area contributed by atoms with Crippen molar-refractivity contribution < 1.29 is 14.3 Å². The summed E-state index contributed by atoms with van der Waals surface area (Å²) in [6.07, 6.45) is 0.0567. The molecule has 25 heavy (non-hydrogen) atoms. The van der Waals surface area contributed by atoms with Crippen LogP contribution in [0.15, 0.2) is 46.5 Å². The van der Waals surface area contributed by atoms with Crippen molar-refractivity contribution >= 4 is 34.4 Å². The number of esters is 1. The Kier molecular flexibility index (Phi) is 5.40. The number of rotatable bonds is 6. The molecule has 1 aromatic carbocycles. The summed E-state index contributed by atoms with van der Waals surface area (Å²) < 4.78 is 5.30. The predicted molar refractivity (Wildman–Crippen MR) is 100 cm³/mol. The molecule has 0 amide bonds. The standard InChI is InChI=1S/C19H17NO3S2/c1-3-13-4-6-14(7-5-13)17(21)12(2)23-19(22)16-11-25-18(20-16)15-8-9-24-10-15/h4-12H,3H2,1-2H3. The average molecular weight is 371 g/mol. The van der Waals surface area contributed by atoms with Crippen LogP contribution in [0.3, 0.4) is 0 Å². The number of aryl methyl sites for hydroxylation is 1. The molecule has 3 rings (SSSR count). The van der Waals surface area contributed by atoms with Crippen LogP contribution in [0.2, 0.25) is 0 Å². The van der Waals surface area contributed by atoms with E-state index < -0.39 is 12.1 Å². The molecule has 0 aliphatic heterocycles. The van der Waals surface area contributed by atoms with E-state index in [1.165, 1.54) is 11.3 Å². The van der Waals surface area contributed by atoms with Crippen LogP contribution in [0.1, 0.15) is 40.3 Å². The Hall–Kier alpha value is -2.31. The van der Waals surface area contributed by atoms with Crippen LogP contribution in [0, 0.1) is 0 Å². The summed E-state index contributed by atoms with van der Waals surface area (Å²) in [5.74, 6) is -0.798. The van der Waals surface area contributed by atoms with Crippen molar-refractivity contribution in [3.8, 4) is 10.6 Å². The minimum atomic E-state index is -0.855. The SMILES string of the molecule is CCc1ccc(C(=O)C(C)OC(=O)c2csc(-c3ccsc3)n2)cc1. The fourth-order valence-corrected chi connectivity index (χ4v) is 3.80. The molecule has 0 radical (unpaired) electrons. The molecule has 0 fully saturated rings. The normalized spacial score (nSPS) is 11.9. The summed E-state index contributed by atoms with van der Waals surface area (Å²) in [7, 11) is 0. The van der Waals surface area contributed by atoms with Crippen molar-refractivity contribution in [2.24, 2.45) is 0 Å². The van der Waals surface area contributed by atoms with E-state index in [1.54, 1.807) is 35.8 Å². The van der Waals surface area contributed by atoms with E-state index in [4.69, 9.17) is 4.74 Å². The highest BCUT2D eigenvalue weighted by molar-refractivity contribution is 7.14. The Balaban J connectivity index is 1.66. The van der Waals surface area contributed by atoms with Crippen molar-refractivity contribution in [3.05, 3.63) is 63.3 Å². The third kappa shape index (κ3) is 4.03. The molecule has 3 aromatic rings. The van der Waals surface area contributed by atoms with Crippen molar-refractivity contribution in [2.75, 3.05) is 0 Å². The number of hydrogen-bond donors (Lipinski definition) is 0. The quantitative estimate of drug-likeness (QED) is 0.458. The molecule has 2 aromatic heterocycles. The van der Waals surface area contributed by atoms with Gasteiger partial charge in [-0.3, -0.25) is 4.79 Å². The Labute approximate surface area is 154 Å². The zero-order valence-electron chi connectivity index (χ0n) is 13.9. The second-order valence-corrected chi connectivity index (χ2v) is 7.15. The molecule has 0 saturated heterocycles. The summed E-state index contributed by atoms with van der Waals surface area (Å²) in [5.41, 5.74) is 2.90. The third-order valence-corrected chi connectivity index (χ3v) is 5.36. The molecule has 4 nitrogen and oxygen atoms in total. The van der Waals surface area contributed by atoms with E-state index in [2.05, 4.69) is 11.9 Å². The van der Waals surface area contributed by atoms with Gasteiger partial charge in [0.2, 0.25) is 5.78 Å². The molecule has 0 N–H and O–H groups in total. The number of thiazole rings is 1. The van der Waals surface area contributed by atoms with Gasteiger partial charge >= 0.3 is 5.97 Å². The zero-order chi connectivity index (χ0) is 17.8. The van der Waals surface area contributed by atoms with Crippen LogP contribution in [0.4, 0.5) is 0 Å². The smallest absolute Gasteiger partial charge is 0.358 e. The lowest BCUT2D eigenvalue weighted by Gasteiger charge is -2.11. The van der Waals surface area contributed by atoms with Gasteiger partial charge in [0.1, 0.15) is 5.01 Å². The topological polar surface area (TPSA) is 56.3 Å². The highest BCUT2D eigenvalue weighted by Crippen LogP contribution is 2.26. The Morgan fingerprint density at radius 1 is 1.16 bits per heavy atom. The van der Waals surface area contributed by atoms with Gasteiger partial charge in [0, 0.05) is 21.9 Å². The van der Waals surface area contributed by atoms with E-state index in [1.807, 2.05) is 29.0 Å². The molecule has 0 bridgehead atoms. The van der Waals surface area contributed by atoms with Gasteiger partial charge in [0.05, 0.1) is 0 Å². The number of ketones is 1. The monoisotopic (exact) mass is 371 g/mol. The van der Waals surface area contributed by atoms with E-state index in [0.717, 1.165) is 22.6 Å². The first-order chi connectivity index (χ1) is 12.1. The number of thiophene rings is 1. The molecule has 0 aliphatic rings. The van der Waals surface area contributed by atoms with Crippen molar-refractivity contribution in [1.29, 1.82) is 0 Å². The van der Waals surface area contributed by atoms with E-state index in [-0.39, 0.29) is 11.5 Å². The van der Waals surface area contributed by atoms with E-state index in [0.29, 0.717) is 5.56 Å². The fraction of sp³-hybridized carbons (Fsp3) is 0.211. The van der Waals surface area contributed by atoms with Gasteiger partial charge in [-0.1, -0.05) is 31.2 Å². The van der Waals surface area contributed by atoms with E-state index in [9.17, 15) is 9.59 Å². The number of carbonyl (C=O) groups is 2. The highest BCUT2D eigenvalue weighted by Gasteiger charge is 2.22. The van der Waals surface area contributed by atoms with Crippen molar-refractivity contribution in [3.63, 3.8) is 0 Å². The lowest BCUT2D eigenvalue weighted by molar-refractivity contribution is 0.0314. The summed E-state index contributed by atoms with van der Waals surface area (Å²) in [5, 5.41) is 6.35. The van der Waals surface area contributed by atoms with Crippen molar-refractivity contribution in [2.45, 2.75) is 26.4 Å². The van der Waals surface area contributed by atoms with Gasteiger partial charge < -0.3 is 4.74 Å². The largest absolute Gasteiger partial charge is 0.450 e. The maximum Gasteiger partial charge on any atom is 0.358 e. The number of nitrogens with zero attached hydrogens (tertiary/aromatic N) is 1. The second kappa shape index (κ2) is 7.72. The first-order valence-electron chi connectivity index (χ1n) is 7.90. The average Bonchev–Trinajstić information content (AvgIpc) is 3.32. The minimum Gasteiger partial charge on any atom is -0.450 e. The molecule has 128 valence electrons. The fourth-order valence-electron chi connectivity index (χ4n) is 2.30. The number of aromatic nitrogens is 1. The van der Waals surface area contributed by atoms with Gasteiger partial charge in [0.25, 0.3) is 0 Å². The summed E-state index contributed by atoms with van der Waals surface area (Å²) >= 11 is 2.95. The maximum atomic E-state index is 12.4. The third-order valence-electron chi connectivity index (χ3n) is 3.78. The molecule has 0 spiro atoms. The summed E-state index contributed by atoms with van der Waals surface area (Å²) in [6, 6.07) is 9.31. The molecule has 0 aliphatic carbocycles. The first-order valence-corrected chi connectivity index (χ1v) is 9.73. The van der Waals surface area contributed by atoms with Crippen LogP contribution in [-0.2, 0) is 11.2 Å². The Morgan fingerprint density at radius 2 is 1.92 bits per heavy atom. The van der Waals surface area contributed by atoms with Gasteiger partial charge in [0.15, 0.2) is 11.8 Å². The van der Waals surface area contributed by atoms with Crippen molar-refractivity contribution in [1.82, 2.24) is 4.98 Å². The first kappa shape index (κ1) is 17.5. The molecular weight excluding hydrogens is 354 g/mol. The number of hydrogen-bond acceptors (Lipinski definition) is 6. The molecule has 2 heterocycles. The second-order valence-electron chi connectivity index (χ2n) is 5.51. The van der Waals surface area contributed by atoms with Crippen LogP contribution in [0.5, 0.6) is 0 Å². The van der Waals surface area contributed by atoms with Crippen LogP contribution >= 0.6 is 22.7 Å². The number of carbonyl (C=O) groups excluding carboxylic acids is 2. The lowest BCUT2D eigenvalue weighted by atomic mass is 10.0. The zero-order valence-corrected chi connectivity index (χ0v) is 15.5. The van der Waals surface area contributed by atoms with Gasteiger partial charge in [-0.15, -0.1) is 11.3 Å². The number of ether oxygens (including phenoxy) is 1. The van der Waals surface area contributed by atoms with Gasteiger partial charge in [-0.2, -0.15) is 11.3 Å². The molecule has 0 saturated carbocycles. The molecule has 6 heteroatoms. The van der Waals surface area contributed by atoms with Gasteiger partial charge in [-0.25, -0.2) is 9.78 Å². The summed E-state index contributed by atoms with van der Waals surface area (Å²) in [6.45, 7) is 3.64.